The molecule has 2 aromatic carbocycles. The lowest BCUT2D eigenvalue weighted by Crippen LogP contribution is -2.11. The second-order valence-electron chi connectivity index (χ2n) is 4.10. The molecule has 2 rings (SSSR count). The quantitative estimate of drug-likeness (QED) is 0.692. The van der Waals surface area contributed by atoms with E-state index in [4.69, 9.17) is 16.3 Å². The van der Waals surface area contributed by atoms with Gasteiger partial charge in [0.25, 0.3) is 5.91 Å². The first-order valence-corrected chi connectivity index (χ1v) is 6.28. The molecule has 0 fully saturated rings. The first-order chi connectivity index (χ1) is 10.0. The summed E-state index contributed by atoms with van der Waals surface area (Å²) in [5.41, 5.74) is 0.492. The van der Waals surface area contributed by atoms with Crippen molar-refractivity contribution in [3.63, 3.8) is 0 Å². The molecule has 2 aromatic rings. The molecule has 1 amide bonds. The second-order valence-corrected chi connectivity index (χ2v) is 4.54. The first kappa shape index (κ1) is 14.8. The zero-order valence-electron chi connectivity index (χ0n) is 11.0. The van der Waals surface area contributed by atoms with Crippen LogP contribution in [0.1, 0.15) is 10.4 Å². The van der Waals surface area contributed by atoms with Gasteiger partial charge < -0.3 is 10.1 Å². The number of hydrogen-bond acceptors (Lipinski definition) is 4. The van der Waals surface area contributed by atoms with Crippen LogP contribution in [-0.4, -0.2) is 17.9 Å². The van der Waals surface area contributed by atoms with Crippen LogP contribution in [0.4, 0.5) is 11.4 Å². The lowest BCUT2D eigenvalue weighted by atomic mass is 10.2. The Morgan fingerprint density at radius 3 is 2.48 bits per heavy atom. The van der Waals surface area contributed by atoms with E-state index in [2.05, 4.69) is 5.32 Å². The molecule has 0 heterocycles. The summed E-state index contributed by atoms with van der Waals surface area (Å²) in [4.78, 5) is 22.4. The summed E-state index contributed by atoms with van der Waals surface area (Å²) in [6, 6.07) is 10.5. The number of nitrogens with one attached hydrogen (secondary N) is 1. The van der Waals surface area contributed by atoms with E-state index >= 15 is 0 Å². The van der Waals surface area contributed by atoms with Crippen LogP contribution < -0.4 is 10.1 Å². The van der Waals surface area contributed by atoms with Crippen molar-refractivity contribution in [2.24, 2.45) is 0 Å². The summed E-state index contributed by atoms with van der Waals surface area (Å²) in [5, 5.41) is 14.0. The summed E-state index contributed by atoms with van der Waals surface area (Å²) in [5.74, 6) is -0.254. The number of nitro benzene ring substituents is 1. The van der Waals surface area contributed by atoms with Gasteiger partial charge in [-0.1, -0.05) is 11.6 Å². The number of methoxy groups -OCH3 is 1. The number of nitro groups is 1. The molecule has 0 aliphatic rings. The SMILES string of the molecule is COc1ccc(NC(=O)c2ccc(Cl)cc2)cc1[N+](=O)[O-]. The highest BCUT2D eigenvalue weighted by Gasteiger charge is 2.16. The van der Waals surface area contributed by atoms with Crippen molar-refractivity contribution in [2.75, 3.05) is 12.4 Å². The molecule has 0 aliphatic heterocycles. The van der Waals surface area contributed by atoms with E-state index in [1.807, 2.05) is 0 Å². The third-order valence-electron chi connectivity index (χ3n) is 2.74. The number of rotatable bonds is 4. The molecule has 0 aliphatic carbocycles. The highest BCUT2D eigenvalue weighted by atomic mass is 35.5. The van der Waals surface area contributed by atoms with Gasteiger partial charge in [-0.3, -0.25) is 14.9 Å². The third kappa shape index (κ3) is 3.49. The summed E-state index contributed by atoms with van der Waals surface area (Å²) >= 11 is 5.74. The Morgan fingerprint density at radius 1 is 1.24 bits per heavy atom. The van der Waals surface area contributed by atoms with Crippen LogP contribution in [0, 0.1) is 10.1 Å². The highest BCUT2D eigenvalue weighted by molar-refractivity contribution is 6.30. The molecule has 7 heteroatoms. The monoisotopic (exact) mass is 306 g/mol. The Hall–Kier alpha value is -2.60. The molecule has 0 atom stereocenters. The molecular formula is C14H11ClN2O4. The van der Waals surface area contributed by atoms with Crippen LogP contribution in [0.5, 0.6) is 5.75 Å². The first-order valence-electron chi connectivity index (χ1n) is 5.90. The van der Waals surface area contributed by atoms with Crippen molar-refractivity contribution in [1.82, 2.24) is 0 Å². The minimum absolute atomic E-state index is 0.129. The number of benzene rings is 2. The van der Waals surface area contributed by atoms with Gasteiger partial charge in [-0.05, 0) is 36.4 Å². The average molecular weight is 307 g/mol. The van der Waals surface area contributed by atoms with Crippen molar-refractivity contribution < 1.29 is 14.5 Å². The van der Waals surface area contributed by atoms with Gasteiger partial charge in [0.2, 0.25) is 0 Å². The zero-order chi connectivity index (χ0) is 15.4. The summed E-state index contributed by atoms with van der Waals surface area (Å²) < 4.78 is 4.90. The maximum atomic E-state index is 12.0. The Labute approximate surface area is 125 Å². The summed E-state index contributed by atoms with van der Waals surface area (Å²) in [6.07, 6.45) is 0. The smallest absolute Gasteiger partial charge is 0.312 e. The Balaban J connectivity index is 2.23. The summed E-state index contributed by atoms with van der Waals surface area (Å²) in [7, 11) is 1.34. The molecular weight excluding hydrogens is 296 g/mol. The summed E-state index contributed by atoms with van der Waals surface area (Å²) in [6.45, 7) is 0. The third-order valence-corrected chi connectivity index (χ3v) is 2.99. The van der Waals surface area contributed by atoms with Gasteiger partial charge in [-0.2, -0.15) is 0 Å². The number of carbonyl (C=O) groups is 1. The van der Waals surface area contributed by atoms with Crippen molar-refractivity contribution in [1.29, 1.82) is 0 Å². The fourth-order valence-corrected chi connectivity index (χ4v) is 1.84. The molecule has 108 valence electrons. The van der Waals surface area contributed by atoms with E-state index in [1.165, 1.54) is 25.3 Å². The zero-order valence-corrected chi connectivity index (χ0v) is 11.8. The Bertz CT molecular complexity index is 686. The standard InChI is InChI=1S/C14H11ClN2O4/c1-21-13-7-6-11(8-12(13)17(19)20)16-14(18)9-2-4-10(15)5-3-9/h2-8H,1H3,(H,16,18). The molecule has 0 saturated heterocycles. The van der Waals surface area contributed by atoms with Crippen LogP contribution in [0.15, 0.2) is 42.5 Å². The van der Waals surface area contributed by atoms with Crippen LogP contribution in [0.3, 0.4) is 0 Å². The van der Waals surface area contributed by atoms with Gasteiger partial charge in [0.05, 0.1) is 12.0 Å². The van der Waals surface area contributed by atoms with Crippen molar-refractivity contribution in [3.05, 3.63) is 63.2 Å². The predicted octanol–water partition coefficient (Wildman–Crippen LogP) is 3.51. The van der Waals surface area contributed by atoms with Gasteiger partial charge in [-0.15, -0.1) is 0 Å². The highest BCUT2D eigenvalue weighted by Crippen LogP contribution is 2.29. The molecule has 0 bridgehead atoms. The van der Waals surface area contributed by atoms with Crippen molar-refractivity contribution in [2.45, 2.75) is 0 Å². The van der Waals surface area contributed by atoms with Gasteiger partial charge >= 0.3 is 5.69 Å². The Morgan fingerprint density at radius 2 is 1.90 bits per heavy atom. The molecule has 1 N–H and O–H groups in total. The molecule has 0 unspecified atom stereocenters. The molecule has 6 nitrogen and oxygen atoms in total. The predicted molar refractivity (Wildman–Crippen MR) is 79.1 cm³/mol. The van der Waals surface area contributed by atoms with Gasteiger partial charge in [0.1, 0.15) is 0 Å². The molecule has 21 heavy (non-hydrogen) atoms. The minimum Gasteiger partial charge on any atom is -0.490 e. The largest absolute Gasteiger partial charge is 0.490 e. The second kappa shape index (κ2) is 6.23. The number of carbonyl (C=O) groups excluding carboxylic acids is 1. The van der Waals surface area contributed by atoms with Gasteiger partial charge in [-0.25, -0.2) is 0 Å². The fourth-order valence-electron chi connectivity index (χ4n) is 1.71. The minimum atomic E-state index is -0.573. The van der Waals surface area contributed by atoms with E-state index in [0.717, 1.165) is 0 Å². The van der Waals surface area contributed by atoms with E-state index in [9.17, 15) is 14.9 Å². The maximum absolute atomic E-state index is 12.0. The van der Waals surface area contributed by atoms with Gasteiger partial charge in [0.15, 0.2) is 5.75 Å². The topological polar surface area (TPSA) is 81.5 Å². The fraction of sp³-hybridized carbons (Fsp3) is 0.0714. The van der Waals surface area contributed by atoms with E-state index < -0.39 is 4.92 Å². The number of halogens is 1. The Kier molecular flexibility index (Phi) is 4.39. The lowest BCUT2D eigenvalue weighted by Gasteiger charge is -2.07. The van der Waals surface area contributed by atoms with E-state index in [0.29, 0.717) is 16.3 Å². The molecule has 0 spiro atoms. The van der Waals surface area contributed by atoms with Gasteiger partial charge in [0, 0.05) is 22.3 Å². The van der Waals surface area contributed by atoms with E-state index in [-0.39, 0.29) is 17.3 Å². The lowest BCUT2D eigenvalue weighted by molar-refractivity contribution is -0.385. The van der Waals surface area contributed by atoms with E-state index in [1.54, 1.807) is 24.3 Å². The molecule has 0 saturated carbocycles. The number of nitrogens with zero attached hydrogens (tertiary/aromatic N) is 1. The number of anilines is 1. The number of amides is 1. The number of hydrogen-bond donors (Lipinski definition) is 1. The average Bonchev–Trinajstić information content (AvgIpc) is 2.47. The van der Waals surface area contributed by atoms with Crippen molar-refractivity contribution in [3.8, 4) is 5.75 Å². The van der Waals surface area contributed by atoms with Crippen LogP contribution in [0.2, 0.25) is 5.02 Å². The number of ether oxygens (including phenoxy) is 1. The normalized spacial score (nSPS) is 10.0. The van der Waals surface area contributed by atoms with Crippen molar-refractivity contribution >= 4 is 28.9 Å². The maximum Gasteiger partial charge on any atom is 0.312 e. The molecule has 0 aromatic heterocycles. The van der Waals surface area contributed by atoms with Crippen LogP contribution in [0.25, 0.3) is 0 Å². The molecule has 0 radical (unpaired) electrons. The van der Waals surface area contributed by atoms with Crippen LogP contribution >= 0.6 is 11.6 Å². The van der Waals surface area contributed by atoms with Crippen LogP contribution in [-0.2, 0) is 0 Å².